The third-order valence-electron chi connectivity index (χ3n) is 8.89. The van der Waals surface area contributed by atoms with Crippen molar-refractivity contribution in [3.63, 3.8) is 0 Å². The number of amides is 1. The average Bonchev–Trinajstić information content (AvgIpc) is 3.42. The molecular formula is C28H39ClN6O3S. The lowest BCUT2D eigenvalue weighted by Gasteiger charge is -2.43. The normalized spacial score (nSPS) is 22.1. The standard InChI is InChI=1S/C28H39ClN6O3S/c1-20-26(30-19-31-27(20)35-13-8-22(18-35)21-4-6-23(29)7-5-21)28(36)34-16-11-25(12-17-34)33-14-9-24(10-15-33)32(2)39(3,37)38/h4-7,19,22,24-25H,8-18H2,1-3H3. The minimum absolute atomic E-state index is 0.0171. The third-order valence-corrected chi connectivity index (χ3v) is 10.5. The van der Waals surface area contributed by atoms with E-state index in [1.807, 2.05) is 24.0 Å². The van der Waals surface area contributed by atoms with Crippen molar-refractivity contribution in [2.24, 2.45) is 0 Å². The SMILES string of the molecule is Cc1c(C(=O)N2CCC(N3CCC(N(C)S(C)(=O)=O)CC3)CC2)ncnc1N1CCC(c2ccc(Cl)cc2)C1. The van der Waals surface area contributed by atoms with Crippen LogP contribution in [0.25, 0.3) is 0 Å². The second-order valence-electron chi connectivity index (χ2n) is 11.2. The highest BCUT2D eigenvalue weighted by Crippen LogP contribution is 2.33. The molecule has 3 fully saturated rings. The van der Waals surface area contributed by atoms with Crippen molar-refractivity contribution in [2.45, 2.75) is 57.0 Å². The summed E-state index contributed by atoms with van der Waals surface area (Å²) in [4.78, 5) is 29.2. The van der Waals surface area contributed by atoms with Gasteiger partial charge in [0.1, 0.15) is 17.8 Å². The van der Waals surface area contributed by atoms with Gasteiger partial charge in [-0.15, -0.1) is 0 Å². The molecule has 0 aliphatic carbocycles. The first kappa shape index (κ1) is 28.3. The lowest BCUT2D eigenvalue weighted by atomic mass is 9.97. The number of aromatic nitrogens is 2. The maximum Gasteiger partial charge on any atom is 0.272 e. The van der Waals surface area contributed by atoms with Gasteiger partial charge in [0.2, 0.25) is 10.0 Å². The molecule has 0 bridgehead atoms. The van der Waals surface area contributed by atoms with Crippen LogP contribution in [0.4, 0.5) is 5.82 Å². The summed E-state index contributed by atoms with van der Waals surface area (Å²) in [5, 5.41) is 0.745. The molecule has 1 unspecified atom stereocenters. The molecular weight excluding hydrogens is 536 g/mol. The monoisotopic (exact) mass is 574 g/mol. The minimum atomic E-state index is -3.16. The molecule has 1 atom stereocenters. The summed E-state index contributed by atoms with van der Waals surface area (Å²) in [7, 11) is -1.48. The number of likely N-dealkylation sites (tertiary alicyclic amines) is 2. The Bertz CT molecular complexity index is 1270. The van der Waals surface area contributed by atoms with Gasteiger partial charge in [-0.1, -0.05) is 23.7 Å². The Labute approximate surface area is 237 Å². The van der Waals surface area contributed by atoms with E-state index in [4.69, 9.17) is 11.6 Å². The number of hydrogen-bond donors (Lipinski definition) is 0. The molecule has 3 aliphatic rings. The van der Waals surface area contributed by atoms with Gasteiger partial charge in [-0.3, -0.25) is 4.79 Å². The van der Waals surface area contributed by atoms with Crippen molar-refractivity contribution < 1.29 is 13.2 Å². The average molecular weight is 575 g/mol. The number of carbonyl (C=O) groups is 1. The van der Waals surface area contributed by atoms with E-state index in [2.05, 4.69) is 31.9 Å². The maximum absolute atomic E-state index is 13.5. The van der Waals surface area contributed by atoms with Crippen LogP contribution in [0.5, 0.6) is 0 Å². The summed E-state index contributed by atoms with van der Waals surface area (Å²) in [5.41, 5.74) is 2.62. The number of halogens is 1. The van der Waals surface area contributed by atoms with Crippen LogP contribution in [0.15, 0.2) is 30.6 Å². The first-order chi connectivity index (χ1) is 18.6. The summed E-state index contributed by atoms with van der Waals surface area (Å²) in [6.45, 7) is 6.90. The van der Waals surface area contributed by atoms with Crippen molar-refractivity contribution in [3.8, 4) is 0 Å². The van der Waals surface area contributed by atoms with Crippen LogP contribution in [-0.2, 0) is 10.0 Å². The van der Waals surface area contributed by atoms with Gasteiger partial charge in [0.15, 0.2) is 0 Å². The van der Waals surface area contributed by atoms with E-state index in [1.165, 1.54) is 22.5 Å². The lowest BCUT2D eigenvalue weighted by Crippen LogP contribution is -2.52. The highest BCUT2D eigenvalue weighted by atomic mass is 35.5. The first-order valence-electron chi connectivity index (χ1n) is 13.9. The molecule has 3 saturated heterocycles. The predicted octanol–water partition coefficient (Wildman–Crippen LogP) is 3.39. The van der Waals surface area contributed by atoms with Crippen LogP contribution < -0.4 is 4.90 Å². The molecule has 5 rings (SSSR count). The highest BCUT2D eigenvalue weighted by Gasteiger charge is 2.34. The van der Waals surface area contributed by atoms with E-state index in [-0.39, 0.29) is 11.9 Å². The zero-order chi connectivity index (χ0) is 27.7. The number of hydrogen-bond acceptors (Lipinski definition) is 7. The molecule has 1 amide bonds. The van der Waals surface area contributed by atoms with Gasteiger partial charge in [0.25, 0.3) is 5.91 Å². The second-order valence-corrected chi connectivity index (χ2v) is 13.7. The molecule has 1 aromatic carbocycles. The number of nitrogens with zero attached hydrogens (tertiary/aromatic N) is 6. The maximum atomic E-state index is 13.5. The van der Waals surface area contributed by atoms with Gasteiger partial charge < -0.3 is 14.7 Å². The predicted molar refractivity (Wildman–Crippen MR) is 154 cm³/mol. The van der Waals surface area contributed by atoms with Crippen molar-refractivity contribution in [3.05, 3.63) is 52.4 Å². The van der Waals surface area contributed by atoms with Crippen molar-refractivity contribution in [2.75, 3.05) is 57.5 Å². The number of sulfonamides is 1. The minimum Gasteiger partial charge on any atom is -0.356 e. The van der Waals surface area contributed by atoms with E-state index in [0.717, 1.165) is 74.7 Å². The summed E-state index contributed by atoms with van der Waals surface area (Å²) in [6, 6.07) is 8.57. The molecule has 4 heterocycles. The van der Waals surface area contributed by atoms with E-state index in [1.54, 1.807) is 7.05 Å². The molecule has 0 N–H and O–H groups in total. The van der Waals surface area contributed by atoms with Gasteiger partial charge >= 0.3 is 0 Å². The van der Waals surface area contributed by atoms with Gasteiger partial charge in [-0.25, -0.2) is 22.7 Å². The Hall–Kier alpha value is -2.27. The molecule has 212 valence electrons. The fourth-order valence-corrected chi connectivity index (χ4v) is 7.28. The fraction of sp³-hybridized carbons (Fsp3) is 0.607. The summed E-state index contributed by atoms with van der Waals surface area (Å²) in [6.07, 6.45) is 7.37. The summed E-state index contributed by atoms with van der Waals surface area (Å²) >= 11 is 6.07. The van der Waals surface area contributed by atoms with Gasteiger partial charge in [0.05, 0.1) is 6.26 Å². The first-order valence-corrected chi connectivity index (χ1v) is 16.1. The second kappa shape index (κ2) is 11.7. The molecule has 0 saturated carbocycles. The molecule has 3 aliphatic heterocycles. The molecule has 39 heavy (non-hydrogen) atoms. The zero-order valence-electron chi connectivity index (χ0n) is 23.1. The van der Waals surface area contributed by atoms with E-state index in [0.29, 0.717) is 30.7 Å². The van der Waals surface area contributed by atoms with Crippen molar-refractivity contribution in [1.82, 2.24) is 24.1 Å². The number of benzene rings is 1. The van der Waals surface area contributed by atoms with Gasteiger partial charge in [-0.05, 0) is 69.8 Å². The molecule has 1 aromatic heterocycles. The molecule has 2 aromatic rings. The third kappa shape index (κ3) is 6.24. The quantitative estimate of drug-likeness (QED) is 0.522. The van der Waals surface area contributed by atoms with Crippen LogP contribution in [-0.4, -0.2) is 103 Å². The molecule has 0 radical (unpaired) electrons. The number of anilines is 1. The van der Waals surface area contributed by atoms with Crippen LogP contribution in [0.3, 0.4) is 0 Å². The Morgan fingerprint density at radius 2 is 1.64 bits per heavy atom. The smallest absolute Gasteiger partial charge is 0.272 e. The molecule has 0 spiro atoms. The van der Waals surface area contributed by atoms with Crippen LogP contribution in [0.1, 0.15) is 59.6 Å². The van der Waals surface area contributed by atoms with Crippen molar-refractivity contribution in [1.29, 1.82) is 0 Å². The Kier molecular flexibility index (Phi) is 8.47. The van der Waals surface area contributed by atoms with E-state index >= 15 is 0 Å². The highest BCUT2D eigenvalue weighted by molar-refractivity contribution is 7.88. The fourth-order valence-electron chi connectivity index (χ4n) is 6.40. The van der Waals surface area contributed by atoms with Gasteiger partial charge in [-0.2, -0.15) is 0 Å². The Morgan fingerprint density at radius 3 is 2.28 bits per heavy atom. The van der Waals surface area contributed by atoms with Crippen LogP contribution in [0.2, 0.25) is 5.02 Å². The van der Waals surface area contributed by atoms with E-state index < -0.39 is 10.0 Å². The molecule has 9 nitrogen and oxygen atoms in total. The lowest BCUT2D eigenvalue weighted by molar-refractivity contribution is 0.0542. The topological polar surface area (TPSA) is 90.0 Å². The summed E-state index contributed by atoms with van der Waals surface area (Å²) < 4.78 is 25.3. The zero-order valence-corrected chi connectivity index (χ0v) is 24.7. The van der Waals surface area contributed by atoms with Crippen molar-refractivity contribution >= 4 is 33.3 Å². The number of carbonyl (C=O) groups excluding carboxylic acids is 1. The van der Waals surface area contributed by atoms with Crippen LogP contribution in [0, 0.1) is 6.92 Å². The molecule has 11 heteroatoms. The van der Waals surface area contributed by atoms with Crippen LogP contribution >= 0.6 is 11.6 Å². The number of piperidine rings is 2. The van der Waals surface area contributed by atoms with E-state index in [9.17, 15) is 13.2 Å². The van der Waals surface area contributed by atoms with Gasteiger partial charge in [0, 0.05) is 61.8 Å². The summed E-state index contributed by atoms with van der Waals surface area (Å²) in [5.74, 6) is 1.24. The Balaban J connectivity index is 1.17. The number of rotatable bonds is 6. The Morgan fingerprint density at radius 1 is 0.974 bits per heavy atom. The largest absolute Gasteiger partial charge is 0.356 e.